The number of aliphatic imine (C=N–C) groups is 1. The van der Waals surface area contributed by atoms with E-state index in [1.54, 1.807) is 14.2 Å². The van der Waals surface area contributed by atoms with Crippen molar-refractivity contribution in [3.05, 3.63) is 29.3 Å². The number of methoxy groups -OCH3 is 1. The molecule has 7 heteroatoms. The highest BCUT2D eigenvalue weighted by Crippen LogP contribution is 2.18. The average molecular weight is 462 g/mol. The maximum absolute atomic E-state index is 5.37. The molecule has 25 heavy (non-hydrogen) atoms. The fourth-order valence-electron chi connectivity index (χ4n) is 2.72. The molecule has 0 unspecified atom stereocenters. The van der Waals surface area contributed by atoms with Gasteiger partial charge >= 0.3 is 0 Å². The quantitative estimate of drug-likeness (QED) is 0.367. The van der Waals surface area contributed by atoms with Crippen LogP contribution in [0.25, 0.3) is 0 Å². The summed E-state index contributed by atoms with van der Waals surface area (Å²) in [6, 6.07) is 6.35. The molecule has 2 N–H and O–H groups in total. The van der Waals surface area contributed by atoms with E-state index in [1.165, 1.54) is 5.56 Å². The molecule has 2 rings (SSSR count). The number of aryl methyl sites for hydroxylation is 1. The Morgan fingerprint density at radius 1 is 1.24 bits per heavy atom. The zero-order valence-corrected chi connectivity index (χ0v) is 17.8. The van der Waals surface area contributed by atoms with Crippen LogP contribution in [0.4, 0.5) is 0 Å². The van der Waals surface area contributed by atoms with E-state index >= 15 is 0 Å². The molecule has 142 valence electrons. The summed E-state index contributed by atoms with van der Waals surface area (Å²) in [5.74, 6) is 1.79. The summed E-state index contributed by atoms with van der Waals surface area (Å²) in [7, 11) is 3.52. The second-order valence-corrected chi connectivity index (χ2v) is 5.93. The number of halogens is 1. The minimum atomic E-state index is 0. The van der Waals surface area contributed by atoms with Crippen molar-refractivity contribution in [2.24, 2.45) is 4.99 Å². The first-order valence-corrected chi connectivity index (χ1v) is 8.61. The van der Waals surface area contributed by atoms with Crippen LogP contribution in [0.2, 0.25) is 0 Å². The summed E-state index contributed by atoms with van der Waals surface area (Å²) in [5, 5.41) is 6.73. The largest absolute Gasteiger partial charge is 0.496 e. The molecule has 1 aromatic carbocycles. The lowest BCUT2D eigenvalue weighted by Gasteiger charge is -2.26. The average Bonchev–Trinajstić information content (AvgIpc) is 2.62. The van der Waals surface area contributed by atoms with Gasteiger partial charge in [0.15, 0.2) is 5.96 Å². The van der Waals surface area contributed by atoms with Gasteiger partial charge in [-0.25, -0.2) is 0 Å². The number of rotatable bonds is 7. The third-order valence-corrected chi connectivity index (χ3v) is 4.23. The highest BCUT2D eigenvalue weighted by atomic mass is 127. The molecular formula is C18H31IN4O2. The lowest BCUT2D eigenvalue weighted by atomic mass is 10.1. The van der Waals surface area contributed by atoms with Crippen molar-refractivity contribution >= 4 is 29.9 Å². The summed E-state index contributed by atoms with van der Waals surface area (Å²) in [6.07, 6.45) is 0.931. The topological polar surface area (TPSA) is 58.1 Å². The molecule has 1 aromatic rings. The van der Waals surface area contributed by atoms with Crippen LogP contribution in [-0.2, 0) is 11.2 Å². The van der Waals surface area contributed by atoms with Gasteiger partial charge in [-0.1, -0.05) is 12.1 Å². The van der Waals surface area contributed by atoms with Crippen LogP contribution in [0, 0.1) is 6.92 Å². The smallest absolute Gasteiger partial charge is 0.191 e. The molecule has 0 atom stereocenters. The fraction of sp³-hybridized carbons (Fsp3) is 0.611. The number of morpholine rings is 1. The third kappa shape index (κ3) is 7.79. The van der Waals surface area contributed by atoms with Crippen molar-refractivity contribution in [1.82, 2.24) is 15.5 Å². The van der Waals surface area contributed by atoms with Crippen LogP contribution >= 0.6 is 24.0 Å². The van der Waals surface area contributed by atoms with Crippen LogP contribution in [0.1, 0.15) is 11.1 Å². The fourth-order valence-corrected chi connectivity index (χ4v) is 2.72. The molecule has 1 heterocycles. The van der Waals surface area contributed by atoms with Crippen LogP contribution in [-0.4, -0.2) is 71.0 Å². The molecule has 1 fully saturated rings. The second-order valence-electron chi connectivity index (χ2n) is 5.93. The van der Waals surface area contributed by atoms with E-state index in [9.17, 15) is 0 Å². The molecule has 1 aliphatic rings. The van der Waals surface area contributed by atoms with E-state index in [2.05, 4.69) is 45.6 Å². The van der Waals surface area contributed by atoms with Crippen LogP contribution < -0.4 is 15.4 Å². The summed E-state index contributed by atoms with van der Waals surface area (Å²) in [4.78, 5) is 6.68. The molecule has 1 aliphatic heterocycles. The van der Waals surface area contributed by atoms with Gasteiger partial charge in [0.05, 0.1) is 20.3 Å². The van der Waals surface area contributed by atoms with Gasteiger partial charge in [-0.2, -0.15) is 0 Å². The van der Waals surface area contributed by atoms with Crippen molar-refractivity contribution in [3.8, 4) is 5.75 Å². The van der Waals surface area contributed by atoms with Crippen molar-refractivity contribution in [3.63, 3.8) is 0 Å². The molecule has 0 amide bonds. The predicted molar refractivity (Wildman–Crippen MR) is 113 cm³/mol. The monoisotopic (exact) mass is 462 g/mol. The van der Waals surface area contributed by atoms with Gasteiger partial charge in [-0.3, -0.25) is 9.89 Å². The Morgan fingerprint density at radius 3 is 2.64 bits per heavy atom. The van der Waals surface area contributed by atoms with Gasteiger partial charge in [-0.15, -0.1) is 24.0 Å². The number of nitrogens with one attached hydrogen (secondary N) is 2. The molecule has 0 saturated carbocycles. The second kappa shape index (κ2) is 12.3. The van der Waals surface area contributed by atoms with E-state index in [4.69, 9.17) is 9.47 Å². The predicted octanol–water partition coefficient (Wildman–Crippen LogP) is 1.66. The van der Waals surface area contributed by atoms with E-state index < -0.39 is 0 Å². The minimum Gasteiger partial charge on any atom is -0.496 e. The molecule has 0 radical (unpaired) electrons. The van der Waals surface area contributed by atoms with Crippen molar-refractivity contribution < 1.29 is 9.47 Å². The highest BCUT2D eigenvalue weighted by molar-refractivity contribution is 14.0. The maximum atomic E-state index is 5.37. The van der Waals surface area contributed by atoms with E-state index in [0.29, 0.717) is 0 Å². The normalized spacial score (nSPS) is 15.4. The first kappa shape index (κ1) is 22.0. The first-order chi connectivity index (χ1) is 11.7. The first-order valence-electron chi connectivity index (χ1n) is 8.61. The Bertz CT molecular complexity index is 534. The SMILES string of the molecule is CN=C(NCCc1ccc(C)c(OC)c1)NCCN1CCOCC1.I. The highest BCUT2D eigenvalue weighted by Gasteiger charge is 2.09. The Morgan fingerprint density at radius 2 is 1.96 bits per heavy atom. The standard InChI is InChI=1S/C18H30N4O2.HI/c1-15-4-5-16(14-17(15)23-3)6-7-20-18(19-2)21-8-9-22-10-12-24-13-11-22;/h4-5,14H,6-13H2,1-3H3,(H2,19,20,21);1H. The number of guanidine groups is 1. The number of hydrogen-bond acceptors (Lipinski definition) is 4. The van der Waals surface area contributed by atoms with Crippen molar-refractivity contribution in [1.29, 1.82) is 0 Å². The number of hydrogen-bond donors (Lipinski definition) is 2. The lowest BCUT2D eigenvalue weighted by Crippen LogP contribution is -2.44. The van der Waals surface area contributed by atoms with Gasteiger partial charge in [0.1, 0.15) is 5.75 Å². The Hall–Kier alpha value is -1.06. The molecule has 0 aromatic heterocycles. The van der Waals surface area contributed by atoms with Gasteiger partial charge in [0, 0.05) is 39.8 Å². The third-order valence-electron chi connectivity index (χ3n) is 4.23. The van der Waals surface area contributed by atoms with Crippen molar-refractivity contribution in [2.45, 2.75) is 13.3 Å². The number of nitrogens with zero attached hydrogens (tertiary/aromatic N) is 2. The maximum Gasteiger partial charge on any atom is 0.191 e. The number of benzene rings is 1. The van der Waals surface area contributed by atoms with E-state index in [-0.39, 0.29) is 24.0 Å². The Kier molecular flexibility index (Phi) is 10.8. The van der Waals surface area contributed by atoms with Crippen LogP contribution in [0.3, 0.4) is 0 Å². The Labute approximate surface area is 168 Å². The van der Waals surface area contributed by atoms with Gasteiger partial charge in [-0.05, 0) is 30.5 Å². The zero-order valence-electron chi connectivity index (χ0n) is 15.5. The van der Waals surface area contributed by atoms with Crippen LogP contribution in [0.15, 0.2) is 23.2 Å². The molecule has 0 bridgehead atoms. The van der Waals surface area contributed by atoms with Crippen LogP contribution in [0.5, 0.6) is 5.75 Å². The summed E-state index contributed by atoms with van der Waals surface area (Å²) < 4.78 is 10.7. The van der Waals surface area contributed by atoms with Gasteiger partial charge < -0.3 is 20.1 Å². The zero-order chi connectivity index (χ0) is 17.2. The Balaban J connectivity index is 0.00000312. The van der Waals surface area contributed by atoms with Gasteiger partial charge in [0.25, 0.3) is 0 Å². The molecular weight excluding hydrogens is 431 g/mol. The summed E-state index contributed by atoms with van der Waals surface area (Å²) in [5.41, 5.74) is 2.42. The lowest BCUT2D eigenvalue weighted by molar-refractivity contribution is 0.0389. The van der Waals surface area contributed by atoms with E-state index in [1.807, 2.05) is 0 Å². The minimum absolute atomic E-state index is 0. The summed E-state index contributed by atoms with van der Waals surface area (Å²) >= 11 is 0. The molecule has 0 spiro atoms. The van der Waals surface area contributed by atoms with E-state index in [0.717, 1.165) is 69.6 Å². The molecule has 0 aliphatic carbocycles. The summed E-state index contributed by atoms with van der Waals surface area (Å²) in [6.45, 7) is 8.51. The molecule has 6 nitrogen and oxygen atoms in total. The molecule has 1 saturated heterocycles. The van der Waals surface area contributed by atoms with Crippen molar-refractivity contribution in [2.75, 3.05) is 60.1 Å². The van der Waals surface area contributed by atoms with Gasteiger partial charge in [0.2, 0.25) is 0 Å². The number of ether oxygens (including phenoxy) is 2.